The molecule has 1 aromatic heterocycles. The molecule has 19 heteroatoms. The van der Waals surface area contributed by atoms with Crippen LogP contribution >= 0.6 is 23.4 Å². The van der Waals surface area contributed by atoms with Crippen LogP contribution in [-0.2, 0) is 39.4 Å². The summed E-state index contributed by atoms with van der Waals surface area (Å²) in [7, 11) is -10.7. The molecule has 0 aliphatic carbocycles. The molecule has 65 heavy (non-hydrogen) atoms. The summed E-state index contributed by atoms with van der Waals surface area (Å²) >= 11 is 7.58. The van der Waals surface area contributed by atoms with Crippen molar-refractivity contribution in [2.24, 2.45) is 0 Å². The number of hydrogen-bond donors (Lipinski definition) is 2. The van der Waals surface area contributed by atoms with Crippen LogP contribution in [0.2, 0.25) is 5.02 Å². The number of aromatic nitrogens is 2. The summed E-state index contributed by atoms with van der Waals surface area (Å²) < 4.78 is 123. The Labute approximate surface area is 388 Å². The van der Waals surface area contributed by atoms with E-state index >= 15 is 0 Å². The van der Waals surface area contributed by atoms with Crippen LogP contribution in [0.25, 0.3) is 11.1 Å². The van der Waals surface area contributed by atoms with Gasteiger partial charge in [0.05, 0.1) is 16.3 Å². The lowest BCUT2D eigenvalue weighted by molar-refractivity contribution is -0.0435. The Kier molecular flexibility index (Phi) is 14.3. The Bertz CT molecular complexity index is 2730. The molecule has 4 aromatic carbocycles. The van der Waals surface area contributed by atoms with E-state index in [9.17, 15) is 35.8 Å². The lowest BCUT2D eigenvalue weighted by Crippen LogP contribution is -2.46. The van der Waals surface area contributed by atoms with Crippen molar-refractivity contribution in [1.82, 2.24) is 24.7 Å². The van der Waals surface area contributed by atoms with E-state index < -0.39 is 47.2 Å². The van der Waals surface area contributed by atoms with Crippen LogP contribution in [0.1, 0.15) is 50.3 Å². The van der Waals surface area contributed by atoms with E-state index in [0.29, 0.717) is 80.1 Å². The molecule has 0 saturated carbocycles. The fourth-order valence-electron chi connectivity index (χ4n) is 8.64. The van der Waals surface area contributed by atoms with Crippen molar-refractivity contribution in [2.75, 3.05) is 55.1 Å². The average Bonchev–Trinajstić information content (AvgIpc) is 3.82. The number of likely N-dealkylation sites (tertiary alicyclic amines) is 2. The quantitative estimate of drug-likeness (QED) is 0.0727. The maximum absolute atomic E-state index is 14.5. The van der Waals surface area contributed by atoms with Gasteiger partial charge in [0.15, 0.2) is 0 Å². The lowest BCUT2D eigenvalue weighted by Gasteiger charge is -2.40. The van der Waals surface area contributed by atoms with Gasteiger partial charge in [-0.05, 0) is 136 Å². The van der Waals surface area contributed by atoms with Crippen LogP contribution in [0, 0.1) is 5.82 Å². The second-order valence-corrected chi connectivity index (χ2v) is 21.6. The molecule has 8 rings (SSSR count). The number of alkyl halides is 3. The number of benzene rings is 4. The maximum Gasteiger partial charge on any atom is 0.501 e. The normalized spacial score (nSPS) is 18.2. The highest BCUT2D eigenvalue weighted by Crippen LogP contribution is 2.38. The van der Waals surface area contributed by atoms with Crippen molar-refractivity contribution in [2.45, 2.75) is 83.9 Å². The zero-order valence-corrected chi connectivity index (χ0v) is 38.6. The Balaban J connectivity index is 0.967. The first-order valence-electron chi connectivity index (χ1n) is 22.0. The predicted molar refractivity (Wildman–Crippen MR) is 247 cm³/mol. The number of sulfone groups is 1. The molecule has 4 heterocycles. The standard InChI is InChI=1S/C46H50ClF4N7O4S3/c47-34-10-8-32(9-11-34)40-14-12-35(48)26-33(40)28-57-23-17-37(18-24-57)58-25-19-41-43(29-58)52-31-53-45(41)55-65(61,62)39-13-15-42(44(27-39)64(59,60)46(49,50)51)54-36(16-22-56-20-4-5-21-56)30-63-38-6-2-1-3-7-38/h1-3,6-15,26-27,31,36-37,54H,4-5,16-25,28-30H2,(H,52,53,55)/i37D. The van der Waals surface area contributed by atoms with Gasteiger partial charge in [-0.2, -0.15) is 13.2 Å². The Hall–Kier alpha value is -4.30. The van der Waals surface area contributed by atoms with E-state index in [1.54, 1.807) is 18.2 Å². The van der Waals surface area contributed by atoms with E-state index in [0.717, 1.165) is 59.6 Å². The highest BCUT2D eigenvalue weighted by atomic mass is 35.5. The molecule has 346 valence electrons. The highest BCUT2D eigenvalue weighted by Gasteiger charge is 2.48. The first-order valence-corrected chi connectivity index (χ1v) is 25.8. The minimum absolute atomic E-state index is 0.0811. The summed E-state index contributed by atoms with van der Waals surface area (Å²) in [5.74, 6) is -0.0110. The molecule has 3 aliphatic heterocycles. The average molecular weight is 974 g/mol. The number of sulfonamides is 1. The topological polar surface area (TPSA) is 128 Å². The first-order chi connectivity index (χ1) is 31.5. The van der Waals surface area contributed by atoms with Gasteiger partial charge < -0.3 is 10.2 Å². The van der Waals surface area contributed by atoms with Crippen molar-refractivity contribution >= 4 is 54.7 Å². The number of hydrogen-bond acceptors (Lipinski definition) is 11. The largest absolute Gasteiger partial charge is 0.501 e. The summed E-state index contributed by atoms with van der Waals surface area (Å²) in [6, 6.07) is 22.8. The number of thioether (sulfide) groups is 1. The van der Waals surface area contributed by atoms with Gasteiger partial charge in [-0.25, -0.2) is 31.2 Å². The molecular weight excluding hydrogens is 922 g/mol. The summed E-state index contributed by atoms with van der Waals surface area (Å²) in [6.45, 7) is 4.68. The van der Waals surface area contributed by atoms with Gasteiger partial charge in [-0.15, -0.1) is 11.8 Å². The molecular formula is C46H50ClF4N7O4S3. The molecule has 2 saturated heterocycles. The molecule has 2 N–H and O–H groups in total. The van der Waals surface area contributed by atoms with E-state index in [1.165, 1.54) is 30.2 Å². The number of nitrogens with zero attached hydrogens (tertiary/aromatic N) is 5. The molecule has 5 aromatic rings. The van der Waals surface area contributed by atoms with Gasteiger partial charge in [0.2, 0.25) is 0 Å². The summed E-state index contributed by atoms with van der Waals surface area (Å²) in [5.41, 5.74) is -2.46. The van der Waals surface area contributed by atoms with Crippen molar-refractivity contribution in [3.63, 3.8) is 0 Å². The van der Waals surface area contributed by atoms with Crippen molar-refractivity contribution in [3.8, 4) is 11.1 Å². The lowest BCUT2D eigenvalue weighted by atomic mass is 9.96. The molecule has 0 radical (unpaired) electrons. The number of piperidine rings is 1. The zero-order valence-electron chi connectivity index (χ0n) is 36.4. The third kappa shape index (κ3) is 11.5. The molecule has 11 nitrogen and oxygen atoms in total. The van der Waals surface area contributed by atoms with Crippen LogP contribution in [-0.4, -0.2) is 104 Å². The van der Waals surface area contributed by atoms with Gasteiger partial charge in [0.25, 0.3) is 19.9 Å². The zero-order chi connectivity index (χ0) is 46.7. The van der Waals surface area contributed by atoms with Gasteiger partial charge in [-0.3, -0.25) is 14.5 Å². The molecule has 0 bridgehead atoms. The number of rotatable bonds is 16. The van der Waals surface area contributed by atoms with Crippen molar-refractivity contribution in [1.29, 1.82) is 0 Å². The summed E-state index contributed by atoms with van der Waals surface area (Å²) in [6.07, 6.45) is 5.01. The van der Waals surface area contributed by atoms with E-state index in [-0.39, 0.29) is 30.3 Å². The van der Waals surface area contributed by atoms with Gasteiger partial charge in [0, 0.05) is 60.8 Å². The SMILES string of the molecule is [2H]C1(N2CCc3c(ncnc3NS(=O)(=O)c3ccc(NC(CCN4CCCC4)CSc4ccccc4)c(S(=O)(=O)C(F)(F)F)c3)C2)CCN(Cc2cc(F)ccc2-c2ccc(Cl)cc2)CC1. The molecule has 2 fully saturated rings. The maximum atomic E-state index is 14.5. The molecule has 1 unspecified atom stereocenters. The fraction of sp³-hybridized carbons (Fsp3) is 0.391. The van der Waals surface area contributed by atoms with Crippen LogP contribution in [0.3, 0.4) is 0 Å². The first kappa shape index (κ1) is 45.8. The van der Waals surface area contributed by atoms with Gasteiger partial charge in [-0.1, -0.05) is 48.0 Å². The third-order valence-electron chi connectivity index (χ3n) is 12.1. The number of anilines is 2. The van der Waals surface area contributed by atoms with Crippen LogP contribution in [0.15, 0.2) is 112 Å². The second kappa shape index (κ2) is 20.3. The van der Waals surface area contributed by atoms with E-state index in [1.807, 2.05) is 47.4 Å². The highest BCUT2D eigenvalue weighted by molar-refractivity contribution is 7.99. The van der Waals surface area contributed by atoms with Crippen LogP contribution < -0.4 is 10.0 Å². The number of halogens is 5. The predicted octanol–water partition coefficient (Wildman–Crippen LogP) is 9.11. The van der Waals surface area contributed by atoms with Gasteiger partial charge >= 0.3 is 5.51 Å². The Morgan fingerprint density at radius 3 is 2.34 bits per heavy atom. The van der Waals surface area contributed by atoms with Gasteiger partial charge in [0.1, 0.15) is 22.9 Å². The molecule has 1 atom stereocenters. The Morgan fingerprint density at radius 2 is 1.62 bits per heavy atom. The van der Waals surface area contributed by atoms with E-state index in [2.05, 4.69) is 29.8 Å². The van der Waals surface area contributed by atoms with Crippen molar-refractivity contribution < 1.29 is 35.8 Å². The smallest absolute Gasteiger partial charge is 0.380 e. The monoisotopic (exact) mass is 972 g/mol. The minimum atomic E-state index is -6.02. The Morgan fingerprint density at radius 1 is 0.877 bits per heavy atom. The fourth-order valence-corrected chi connectivity index (χ4v) is 11.9. The minimum Gasteiger partial charge on any atom is -0.380 e. The molecule has 0 amide bonds. The summed E-state index contributed by atoms with van der Waals surface area (Å²) in [4.78, 5) is 14.1. The number of nitrogens with one attached hydrogen (secondary N) is 2. The van der Waals surface area contributed by atoms with Crippen LogP contribution in [0.4, 0.5) is 29.1 Å². The summed E-state index contributed by atoms with van der Waals surface area (Å²) in [5, 5.41) is 3.65. The number of fused-ring (bicyclic) bond motifs is 1. The molecule has 0 spiro atoms. The second-order valence-electron chi connectivity index (χ2n) is 16.5. The van der Waals surface area contributed by atoms with Crippen molar-refractivity contribution in [3.05, 3.63) is 125 Å². The third-order valence-corrected chi connectivity index (χ3v) is 16.4. The van der Waals surface area contributed by atoms with Crippen LogP contribution in [0.5, 0.6) is 0 Å². The molecule has 3 aliphatic rings. The van der Waals surface area contributed by atoms with E-state index in [4.69, 9.17) is 11.6 Å².